The first kappa shape index (κ1) is 13.9. The molecule has 21 heavy (non-hydrogen) atoms. The number of aliphatic hydroxyl groups is 1. The molecule has 0 spiro atoms. The van der Waals surface area contributed by atoms with Crippen LogP contribution in [-0.4, -0.2) is 19.3 Å². The fraction of sp³-hybridized carbons (Fsp3) is 0.294. The molecule has 0 saturated carbocycles. The van der Waals surface area contributed by atoms with Crippen molar-refractivity contribution in [3.63, 3.8) is 0 Å². The van der Waals surface area contributed by atoms with Crippen LogP contribution in [0.25, 0.3) is 0 Å². The van der Waals surface area contributed by atoms with Gasteiger partial charge in [-0.2, -0.15) is 0 Å². The Morgan fingerprint density at radius 1 is 1.00 bits per heavy atom. The van der Waals surface area contributed by atoms with E-state index in [1.165, 1.54) is 5.56 Å². The van der Waals surface area contributed by atoms with E-state index in [0.717, 1.165) is 16.7 Å². The predicted molar refractivity (Wildman–Crippen MR) is 78.5 cm³/mol. The number of hydrogen-bond donors (Lipinski definition) is 1. The predicted octanol–water partition coefficient (Wildman–Crippen LogP) is 2.82. The Morgan fingerprint density at radius 3 is 2.57 bits per heavy atom. The third-order valence-electron chi connectivity index (χ3n) is 3.80. The fourth-order valence-electron chi connectivity index (χ4n) is 2.59. The van der Waals surface area contributed by atoms with Crippen LogP contribution in [0.15, 0.2) is 36.4 Å². The number of rotatable bonds is 4. The highest BCUT2D eigenvalue weighted by Gasteiger charge is 2.19. The van der Waals surface area contributed by atoms with Crippen molar-refractivity contribution in [3.05, 3.63) is 58.7 Å². The van der Waals surface area contributed by atoms with Gasteiger partial charge in [-0.25, -0.2) is 0 Å². The molecule has 1 unspecified atom stereocenters. The average molecular weight is 286 g/mol. The van der Waals surface area contributed by atoms with Crippen molar-refractivity contribution >= 4 is 0 Å². The van der Waals surface area contributed by atoms with Gasteiger partial charge in [-0.05, 0) is 28.8 Å². The van der Waals surface area contributed by atoms with E-state index in [-0.39, 0.29) is 0 Å². The van der Waals surface area contributed by atoms with Crippen molar-refractivity contribution in [1.29, 1.82) is 0 Å². The van der Waals surface area contributed by atoms with Crippen molar-refractivity contribution in [2.75, 3.05) is 14.2 Å². The number of hydrogen-bond acceptors (Lipinski definition) is 4. The van der Waals surface area contributed by atoms with Crippen molar-refractivity contribution < 1.29 is 19.3 Å². The standard InChI is InChI=1S/C17H18O4/c1-19-14-5-6-15(16(8-14)20-2)17(18)11-3-4-12-9-21-10-13(12)7-11/h3-8,17-18H,9-10H2,1-2H3. The Kier molecular flexibility index (Phi) is 3.82. The molecule has 1 aliphatic rings. The van der Waals surface area contributed by atoms with Gasteiger partial charge in [0.25, 0.3) is 0 Å². The highest BCUT2D eigenvalue weighted by molar-refractivity contribution is 5.46. The van der Waals surface area contributed by atoms with Crippen LogP contribution in [0.1, 0.15) is 28.4 Å². The summed E-state index contributed by atoms with van der Waals surface area (Å²) in [7, 11) is 3.19. The van der Waals surface area contributed by atoms with Gasteiger partial charge in [-0.1, -0.05) is 18.2 Å². The smallest absolute Gasteiger partial charge is 0.128 e. The minimum absolute atomic E-state index is 0.607. The van der Waals surface area contributed by atoms with Crippen LogP contribution in [0.5, 0.6) is 11.5 Å². The largest absolute Gasteiger partial charge is 0.497 e. The van der Waals surface area contributed by atoms with Crippen molar-refractivity contribution in [2.45, 2.75) is 19.3 Å². The Balaban J connectivity index is 1.96. The van der Waals surface area contributed by atoms with Crippen molar-refractivity contribution in [1.82, 2.24) is 0 Å². The summed E-state index contributed by atoms with van der Waals surface area (Å²) in [4.78, 5) is 0. The summed E-state index contributed by atoms with van der Waals surface area (Å²) in [6.07, 6.45) is -0.739. The van der Waals surface area contributed by atoms with Gasteiger partial charge in [0.1, 0.15) is 17.6 Å². The number of methoxy groups -OCH3 is 2. The summed E-state index contributed by atoms with van der Waals surface area (Å²) >= 11 is 0. The monoisotopic (exact) mass is 286 g/mol. The second-order valence-electron chi connectivity index (χ2n) is 5.03. The maximum atomic E-state index is 10.6. The minimum atomic E-state index is -0.739. The van der Waals surface area contributed by atoms with Crippen LogP contribution in [0, 0.1) is 0 Å². The summed E-state index contributed by atoms with van der Waals surface area (Å²) < 4.78 is 15.9. The molecule has 1 aliphatic heterocycles. The van der Waals surface area contributed by atoms with E-state index >= 15 is 0 Å². The molecule has 0 fully saturated rings. The molecule has 3 rings (SSSR count). The Labute approximate surface area is 123 Å². The van der Waals surface area contributed by atoms with Crippen LogP contribution in [0.2, 0.25) is 0 Å². The molecule has 1 heterocycles. The Hall–Kier alpha value is -2.04. The zero-order valence-electron chi connectivity index (χ0n) is 12.1. The van der Waals surface area contributed by atoms with Crippen LogP contribution in [-0.2, 0) is 18.0 Å². The molecule has 0 radical (unpaired) electrons. The van der Waals surface area contributed by atoms with Gasteiger partial charge in [0.2, 0.25) is 0 Å². The highest BCUT2D eigenvalue weighted by atomic mass is 16.5. The Morgan fingerprint density at radius 2 is 1.81 bits per heavy atom. The molecule has 0 saturated heterocycles. The molecule has 2 aromatic rings. The quantitative estimate of drug-likeness (QED) is 0.939. The van der Waals surface area contributed by atoms with E-state index in [9.17, 15) is 5.11 Å². The third-order valence-corrected chi connectivity index (χ3v) is 3.80. The van der Waals surface area contributed by atoms with E-state index in [0.29, 0.717) is 24.7 Å². The summed E-state index contributed by atoms with van der Waals surface area (Å²) in [5.41, 5.74) is 3.88. The lowest BCUT2D eigenvalue weighted by Gasteiger charge is -2.16. The maximum Gasteiger partial charge on any atom is 0.128 e. The molecular weight excluding hydrogens is 268 g/mol. The zero-order chi connectivity index (χ0) is 14.8. The lowest BCUT2D eigenvalue weighted by Crippen LogP contribution is -2.03. The first-order valence-electron chi connectivity index (χ1n) is 6.82. The second-order valence-corrected chi connectivity index (χ2v) is 5.03. The molecule has 0 aromatic heterocycles. The normalized spacial score (nSPS) is 14.6. The summed E-state index contributed by atoms with van der Waals surface area (Å²) in [6.45, 7) is 1.26. The summed E-state index contributed by atoms with van der Waals surface area (Å²) in [5, 5.41) is 10.6. The van der Waals surface area contributed by atoms with Gasteiger partial charge in [0.15, 0.2) is 0 Å². The van der Waals surface area contributed by atoms with Gasteiger partial charge in [0, 0.05) is 11.6 Å². The zero-order valence-corrected chi connectivity index (χ0v) is 12.1. The third kappa shape index (κ3) is 2.60. The van der Waals surface area contributed by atoms with Crippen LogP contribution in [0.4, 0.5) is 0 Å². The van der Waals surface area contributed by atoms with E-state index < -0.39 is 6.10 Å². The van der Waals surface area contributed by atoms with Gasteiger partial charge in [-0.15, -0.1) is 0 Å². The van der Waals surface area contributed by atoms with Gasteiger partial charge in [-0.3, -0.25) is 0 Å². The summed E-state index contributed by atoms with van der Waals surface area (Å²) in [6, 6.07) is 11.4. The molecule has 110 valence electrons. The lowest BCUT2D eigenvalue weighted by molar-refractivity contribution is 0.134. The molecule has 4 nitrogen and oxygen atoms in total. The SMILES string of the molecule is COc1ccc(C(O)c2ccc3c(c2)COC3)c(OC)c1. The molecule has 0 amide bonds. The van der Waals surface area contributed by atoms with E-state index in [1.54, 1.807) is 20.3 Å². The molecule has 2 aromatic carbocycles. The van der Waals surface area contributed by atoms with E-state index in [1.807, 2.05) is 30.3 Å². The van der Waals surface area contributed by atoms with Gasteiger partial charge >= 0.3 is 0 Å². The first-order valence-corrected chi connectivity index (χ1v) is 6.82. The molecule has 0 bridgehead atoms. The van der Waals surface area contributed by atoms with E-state index in [2.05, 4.69) is 0 Å². The van der Waals surface area contributed by atoms with Crippen LogP contribution in [0.3, 0.4) is 0 Å². The minimum Gasteiger partial charge on any atom is -0.497 e. The van der Waals surface area contributed by atoms with Crippen molar-refractivity contribution in [2.24, 2.45) is 0 Å². The number of benzene rings is 2. The number of ether oxygens (including phenoxy) is 3. The number of aliphatic hydroxyl groups excluding tert-OH is 1. The molecule has 4 heteroatoms. The second kappa shape index (κ2) is 5.76. The lowest BCUT2D eigenvalue weighted by atomic mass is 9.97. The van der Waals surface area contributed by atoms with Crippen molar-refractivity contribution in [3.8, 4) is 11.5 Å². The molecule has 1 N–H and O–H groups in total. The summed E-state index contributed by atoms with van der Waals surface area (Å²) in [5.74, 6) is 1.31. The van der Waals surface area contributed by atoms with Crippen LogP contribution >= 0.6 is 0 Å². The average Bonchev–Trinajstić information content (AvgIpc) is 3.01. The van der Waals surface area contributed by atoms with E-state index in [4.69, 9.17) is 14.2 Å². The fourth-order valence-corrected chi connectivity index (χ4v) is 2.59. The topological polar surface area (TPSA) is 47.9 Å². The highest BCUT2D eigenvalue weighted by Crippen LogP contribution is 2.34. The number of fused-ring (bicyclic) bond motifs is 1. The Bertz CT molecular complexity index is 651. The van der Waals surface area contributed by atoms with Crippen LogP contribution < -0.4 is 9.47 Å². The maximum absolute atomic E-state index is 10.6. The molecule has 0 aliphatic carbocycles. The van der Waals surface area contributed by atoms with Gasteiger partial charge < -0.3 is 19.3 Å². The van der Waals surface area contributed by atoms with Gasteiger partial charge in [0.05, 0.1) is 27.4 Å². The molecule has 1 atom stereocenters. The first-order chi connectivity index (χ1) is 10.2. The molecular formula is C17H18O4.